The normalized spacial score (nSPS) is 23.5. The molecule has 0 aromatic heterocycles. The second-order valence-corrected chi connectivity index (χ2v) is 7.10. The molecule has 0 amide bonds. The predicted molar refractivity (Wildman–Crippen MR) is 81.9 cm³/mol. The minimum absolute atomic E-state index is 0.0160. The summed E-state index contributed by atoms with van der Waals surface area (Å²) in [5, 5.41) is 8.52. The van der Waals surface area contributed by atoms with Crippen LogP contribution in [0.5, 0.6) is 0 Å². The zero-order valence-electron chi connectivity index (χ0n) is 11.8. The molecule has 0 unspecified atom stereocenters. The van der Waals surface area contributed by atoms with E-state index in [0.717, 1.165) is 24.4 Å². The Labute approximate surface area is 120 Å². The molecule has 2 rings (SSSR count). The van der Waals surface area contributed by atoms with Gasteiger partial charge in [-0.05, 0) is 49.8 Å². The molecular formula is C14H23N3O2S. The Morgan fingerprint density at radius 3 is 2.40 bits per heavy atom. The first-order valence-electron chi connectivity index (χ1n) is 7.09. The van der Waals surface area contributed by atoms with Crippen molar-refractivity contribution in [1.82, 2.24) is 0 Å². The zero-order chi connectivity index (χ0) is 14.8. The number of rotatable bonds is 4. The number of nitrogens with two attached hydrogens (primary N) is 2. The Morgan fingerprint density at radius 2 is 1.90 bits per heavy atom. The van der Waals surface area contributed by atoms with E-state index in [4.69, 9.17) is 10.9 Å². The topological polar surface area (TPSA) is 98.2 Å². The van der Waals surface area contributed by atoms with Crippen LogP contribution in [0.25, 0.3) is 0 Å². The van der Waals surface area contributed by atoms with Crippen LogP contribution in [0.2, 0.25) is 0 Å². The first-order valence-corrected chi connectivity index (χ1v) is 8.63. The van der Waals surface area contributed by atoms with E-state index in [1.165, 1.54) is 25.3 Å². The maximum absolute atomic E-state index is 11.3. The molecule has 1 aliphatic rings. The van der Waals surface area contributed by atoms with Gasteiger partial charge in [-0.3, -0.25) is 0 Å². The van der Waals surface area contributed by atoms with E-state index in [-0.39, 0.29) is 10.6 Å². The third-order valence-corrected chi connectivity index (χ3v) is 5.10. The van der Waals surface area contributed by atoms with Crippen LogP contribution < -0.4 is 16.2 Å². The molecule has 0 bridgehead atoms. The van der Waals surface area contributed by atoms with Crippen LogP contribution in [0.1, 0.15) is 39.0 Å². The van der Waals surface area contributed by atoms with Crippen LogP contribution in [-0.4, -0.2) is 14.5 Å². The molecule has 1 aliphatic carbocycles. The van der Waals surface area contributed by atoms with Crippen molar-refractivity contribution in [2.75, 3.05) is 11.1 Å². The molecule has 1 saturated carbocycles. The van der Waals surface area contributed by atoms with Crippen LogP contribution in [-0.2, 0) is 10.0 Å². The van der Waals surface area contributed by atoms with Gasteiger partial charge in [-0.15, -0.1) is 0 Å². The molecule has 1 fully saturated rings. The molecule has 0 radical (unpaired) electrons. The molecule has 0 heterocycles. The number of primary sulfonamides is 1. The number of sulfonamides is 1. The average molecular weight is 297 g/mol. The molecule has 0 aliphatic heterocycles. The Balaban J connectivity index is 2.03. The van der Waals surface area contributed by atoms with Crippen LogP contribution in [0, 0.1) is 5.92 Å². The van der Waals surface area contributed by atoms with Crippen molar-refractivity contribution in [1.29, 1.82) is 0 Å². The molecule has 0 saturated heterocycles. The zero-order valence-corrected chi connectivity index (χ0v) is 12.6. The lowest BCUT2D eigenvalue weighted by Gasteiger charge is -2.29. The summed E-state index contributed by atoms with van der Waals surface area (Å²) in [6.45, 7) is 2.24. The minimum Gasteiger partial charge on any atom is -0.398 e. The van der Waals surface area contributed by atoms with Crippen molar-refractivity contribution < 1.29 is 8.42 Å². The number of anilines is 2. The SMILES string of the molecule is CCC1CCC(Nc2ccc(S(N)(=O)=O)c(N)c2)CC1. The maximum atomic E-state index is 11.3. The van der Waals surface area contributed by atoms with Gasteiger partial charge in [0.05, 0.1) is 5.69 Å². The van der Waals surface area contributed by atoms with Crippen molar-refractivity contribution in [2.45, 2.75) is 50.0 Å². The fraction of sp³-hybridized carbons (Fsp3) is 0.571. The molecule has 112 valence electrons. The molecule has 0 spiro atoms. The second kappa shape index (κ2) is 6.01. The van der Waals surface area contributed by atoms with Crippen LogP contribution in [0.3, 0.4) is 0 Å². The predicted octanol–water partition coefficient (Wildman–Crippen LogP) is 2.30. The summed E-state index contributed by atoms with van der Waals surface area (Å²) >= 11 is 0. The van der Waals surface area contributed by atoms with Crippen LogP contribution >= 0.6 is 0 Å². The van der Waals surface area contributed by atoms with E-state index < -0.39 is 10.0 Å². The van der Waals surface area contributed by atoms with Gasteiger partial charge in [-0.1, -0.05) is 13.3 Å². The first kappa shape index (κ1) is 15.1. The van der Waals surface area contributed by atoms with E-state index in [0.29, 0.717) is 6.04 Å². The summed E-state index contributed by atoms with van der Waals surface area (Å²) in [6, 6.07) is 5.27. The lowest BCUT2D eigenvalue weighted by atomic mass is 9.84. The van der Waals surface area contributed by atoms with E-state index in [1.54, 1.807) is 12.1 Å². The van der Waals surface area contributed by atoms with Crippen molar-refractivity contribution in [3.8, 4) is 0 Å². The summed E-state index contributed by atoms with van der Waals surface area (Å²) in [5.41, 5.74) is 6.81. The average Bonchev–Trinajstić information content (AvgIpc) is 2.38. The van der Waals surface area contributed by atoms with Gasteiger partial charge in [0.1, 0.15) is 4.90 Å². The first-order chi connectivity index (χ1) is 9.40. The third kappa shape index (κ3) is 3.64. The number of hydrogen-bond acceptors (Lipinski definition) is 4. The molecule has 0 atom stereocenters. The van der Waals surface area contributed by atoms with Crippen molar-refractivity contribution >= 4 is 21.4 Å². The summed E-state index contributed by atoms with van der Waals surface area (Å²) in [7, 11) is -3.75. The van der Waals surface area contributed by atoms with Gasteiger partial charge in [-0.25, -0.2) is 13.6 Å². The lowest BCUT2D eigenvalue weighted by molar-refractivity contribution is 0.330. The fourth-order valence-corrected chi connectivity index (χ4v) is 3.49. The third-order valence-electron chi connectivity index (χ3n) is 4.11. The molecule has 5 nitrogen and oxygen atoms in total. The molecule has 5 N–H and O–H groups in total. The van der Waals surface area contributed by atoms with Gasteiger partial charge >= 0.3 is 0 Å². The molecule has 20 heavy (non-hydrogen) atoms. The van der Waals surface area contributed by atoms with Crippen LogP contribution in [0.15, 0.2) is 23.1 Å². The summed E-state index contributed by atoms with van der Waals surface area (Å²) in [5.74, 6) is 0.850. The van der Waals surface area contributed by atoms with Gasteiger partial charge in [0.2, 0.25) is 10.0 Å². The largest absolute Gasteiger partial charge is 0.398 e. The Morgan fingerprint density at radius 1 is 1.25 bits per heavy atom. The molecule has 1 aromatic rings. The number of nitrogen functional groups attached to an aromatic ring is 1. The highest BCUT2D eigenvalue weighted by Gasteiger charge is 2.20. The van der Waals surface area contributed by atoms with E-state index in [9.17, 15) is 8.42 Å². The van der Waals surface area contributed by atoms with E-state index in [1.807, 2.05) is 0 Å². The van der Waals surface area contributed by atoms with Crippen molar-refractivity contribution in [3.05, 3.63) is 18.2 Å². The van der Waals surface area contributed by atoms with Gasteiger partial charge in [0.15, 0.2) is 0 Å². The number of benzene rings is 1. The smallest absolute Gasteiger partial charge is 0.240 e. The molecule has 6 heteroatoms. The number of hydrogen-bond donors (Lipinski definition) is 3. The summed E-state index contributed by atoms with van der Waals surface area (Å²) in [4.78, 5) is -0.0160. The lowest BCUT2D eigenvalue weighted by Crippen LogP contribution is -2.26. The van der Waals surface area contributed by atoms with Crippen molar-refractivity contribution in [2.24, 2.45) is 11.1 Å². The Bertz CT molecular complexity index is 564. The standard InChI is InChI=1S/C14H23N3O2S/c1-2-10-3-5-11(6-4-10)17-12-7-8-14(13(15)9-12)20(16,18)19/h7-11,17H,2-6,15H2,1H3,(H2,16,18,19). The second-order valence-electron chi connectivity index (χ2n) is 5.57. The van der Waals surface area contributed by atoms with E-state index in [2.05, 4.69) is 12.2 Å². The maximum Gasteiger partial charge on any atom is 0.240 e. The van der Waals surface area contributed by atoms with Gasteiger partial charge in [0.25, 0.3) is 0 Å². The van der Waals surface area contributed by atoms with Gasteiger partial charge in [-0.2, -0.15) is 0 Å². The summed E-state index contributed by atoms with van der Waals surface area (Å²) in [6.07, 6.45) is 6.05. The molecular weight excluding hydrogens is 274 g/mol. The van der Waals surface area contributed by atoms with E-state index >= 15 is 0 Å². The van der Waals surface area contributed by atoms with Crippen LogP contribution in [0.4, 0.5) is 11.4 Å². The molecule has 1 aromatic carbocycles. The fourth-order valence-electron chi connectivity index (χ4n) is 2.85. The number of nitrogens with one attached hydrogen (secondary N) is 1. The summed E-state index contributed by atoms with van der Waals surface area (Å²) < 4.78 is 22.6. The highest BCUT2D eigenvalue weighted by Crippen LogP contribution is 2.29. The van der Waals surface area contributed by atoms with Gasteiger partial charge < -0.3 is 11.1 Å². The highest BCUT2D eigenvalue weighted by molar-refractivity contribution is 7.89. The monoisotopic (exact) mass is 297 g/mol. The quantitative estimate of drug-likeness (QED) is 0.743. The van der Waals surface area contributed by atoms with Gasteiger partial charge in [0, 0.05) is 11.7 Å². The van der Waals surface area contributed by atoms with Crippen molar-refractivity contribution in [3.63, 3.8) is 0 Å². The highest BCUT2D eigenvalue weighted by atomic mass is 32.2. The Kier molecular flexibility index (Phi) is 4.55. The Hall–Kier alpha value is -1.27. The minimum atomic E-state index is -3.75.